The van der Waals surface area contributed by atoms with Crippen molar-refractivity contribution in [2.75, 3.05) is 26.2 Å². The molecule has 9 heteroatoms. The lowest BCUT2D eigenvalue weighted by atomic mass is 9.63. The average Bonchev–Trinajstić information content (AvgIpc) is 2.93. The van der Waals surface area contributed by atoms with Gasteiger partial charge in [-0.25, -0.2) is 14.6 Å². The van der Waals surface area contributed by atoms with Gasteiger partial charge in [-0.1, -0.05) is 20.8 Å². The lowest BCUT2D eigenvalue weighted by Gasteiger charge is -2.45. The Bertz CT molecular complexity index is 673. The predicted molar refractivity (Wildman–Crippen MR) is 101 cm³/mol. The number of aliphatic carboxylic acids is 1. The number of carboxylic acid groups (broad SMARTS) is 1. The Hall–Kier alpha value is -2.41. The van der Waals surface area contributed by atoms with Gasteiger partial charge < -0.3 is 20.6 Å². The molecule has 0 radical (unpaired) electrons. The van der Waals surface area contributed by atoms with Crippen LogP contribution in [0.15, 0.2) is 4.99 Å². The Morgan fingerprint density at radius 1 is 1.29 bits per heavy atom. The van der Waals surface area contributed by atoms with Crippen LogP contribution < -0.4 is 10.6 Å². The zero-order chi connectivity index (χ0) is 20.9. The Kier molecular flexibility index (Phi) is 6.82. The fraction of sp³-hybridized carbons (Fsp3) is 0.789. The van der Waals surface area contributed by atoms with Gasteiger partial charge in [0.05, 0.1) is 12.0 Å². The van der Waals surface area contributed by atoms with E-state index in [0.29, 0.717) is 13.0 Å². The highest BCUT2D eigenvalue weighted by atomic mass is 16.4. The van der Waals surface area contributed by atoms with Crippen molar-refractivity contribution in [1.82, 2.24) is 15.5 Å². The second kappa shape index (κ2) is 8.73. The number of carboxylic acids is 1. The van der Waals surface area contributed by atoms with Crippen LogP contribution in [0.1, 0.15) is 46.5 Å². The molecule has 0 spiro atoms. The minimum Gasteiger partial charge on any atom is -0.481 e. The molecule has 1 saturated carbocycles. The topological polar surface area (TPSA) is 128 Å². The van der Waals surface area contributed by atoms with Gasteiger partial charge in [0.1, 0.15) is 0 Å². The van der Waals surface area contributed by atoms with E-state index >= 15 is 0 Å². The van der Waals surface area contributed by atoms with Crippen molar-refractivity contribution in [3.05, 3.63) is 0 Å². The van der Waals surface area contributed by atoms with Crippen LogP contribution in [0.5, 0.6) is 0 Å². The molecule has 9 nitrogen and oxygen atoms in total. The summed E-state index contributed by atoms with van der Waals surface area (Å²) in [5.74, 6) is -1.84. The second-order valence-electron chi connectivity index (χ2n) is 9.12. The fourth-order valence-corrected chi connectivity index (χ4v) is 4.69. The van der Waals surface area contributed by atoms with E-state index in [0.717, 1.165) is 12.8 Å². The molecule has 1 saturated heterocycles. The number of likely N-dealkylation sites (tertiary alicyclic amines) is 1. The lowest BCUT2D eigenvalue weighted by Crippen LogP contribution is -2.48. The van der Waals surface area contributed by atoms with Crippen LogP contribution in [0, 0.1) is 16.7 Å². The molecular weight excluding hydrogens is 364 g/mol. The molecule has 0 aromatic heterocycles. The molecule has 2 aliphatic rings. The molecule has 1 aliphatic carbocycles. The molecule has 1 aliphatic heterocycles. The van der Waals surface area contributed by atoms with Crippen molar-refractivity contribution in [3.8, 4) is 0 Å². The van der Waals surface area contributed by atoms with Gasteiger partial charge in [-0.2, -0.15) is 0 Å². The molecular formula is C19H30N4O5. The van der Waals surface area contributed by atoms with Gasteiger partial charge in [0, 0.05) is 32.6 Å². The normalized spacial score (nSPS) is 29.1. The summed E-state index contributed by atoms with van der Waals surface area (Å²) in [6.45, 7) is 7.53. The Labute approximate surface area is 164 Å². The molecule has 3 amide bonds. The van der Waals surface area contributed by atoms with Crippen molar-refractivity contribution in [2.45, 2.75) is 52.5 Å². The van der Waals surface area contributed by atoms with E-state index in [2.05, 4.69) is 36.4 Å². The van der Waals surface area contributed by atoms with Crippen molar-refractivity contribution in [3.63, 3.8) is 0 Å². The summed E-state index contributed by atoms with van der Waals surface area (Å²) in [5, 5.41) is 14.6. The van der Waals surface area contributed by atoms with Gasteiger partial charge in [-0.15, -0.1) is 0 Å². The van der Waals surface area contributed by atoms with Crippen LogP contribution in [0.4, 0.5) is 4.79 Å². The Balaban J connectivity index is 1.76. The number of rotatable bonds is 7. The van der Waals surface area contributed by atoms with E-state index in [1.807, 2.05) is 0 Å². The highest BCUT2D eigenvalue weighted by Gasteiger charge is 2.41. The van der Waals surface area contributed by atoms with Crippen LogP contribution in [0.2, 0.25) is 0 Å². The maximum Gasteiger partial charge on any atom is 0.314 e. The van der Waals surface area contributed by atoms with E-state index < -0.39 is 11.9 Å². The molecule has 3 atom stereocenters. The number of urea groups is 1. The number of hydrogen-bond acceptors (Lipinski definition) is 5. The number of nitrogens with zero attached hydrogens (tertiary/aromatic N) is 2. The number of carbonyl (C=O) groups is 3. The average molecular weight is 394 g/mol. The van der Waals surface area contributed by atoms with Gasteiger partial charge in [-0.05, 0) is 30.1 Å². The maximum absolute atomic E-state index is 12.1. The number of aliphatic imine (C=N–C) groups is 1. The summed E-state index contributed by atoms with van der Waals surface area (Å²) in [6, 6.07) is -0.416. The third-order valence-electron chi connectivity index (χ3n) is 5.56. The largest absolute Gasteiger partial charge is 0.481 e. The van der Waals surface area contributed by atoms with Gasteiger partial charge in [0.15, 0.2) is 0 Å². The van der Waals surface area contributed by atoms with Crippen molar-refractivity contribution < 1.29 is 24.3 Å². The Morgan fingerprint density at radius 3 is 2.61 bits per heavy atom. The SMILES string of the molecule is CC1(C)CC(N=C=O)CC(C)(CNC(=O)NCCN2CC(C(=O)O)CC2=O)C1. The third kappa shape index (κ3) is 6.05. The van der Waals surface area contributed by atoms with Crippen LogP contribution >= 0.6 is 0 Å². The minimum atomic E-state index is -0.970. The van der Waals surface area contributed by atoms with E-state index in [1.54, 1.807) is 6.08 Å². The van der Waals surface area contributed by atoms with Crippen molar-refractivity contribution in [2.24, 2.45) is 21.7 Å². The molecule has 3 N–H and O–H groups in total. The molecule has 28 heavy (non-hydrogen) atoms. The summed E-state index contributed by atoms with van der Waals surface area (Å²) in [6.07, 6.45) is 4.11. The Morgan fingerprint density at radius 2 is 2.00 bits per heavy atom. The fourth-order valence-electron chi connectivity index (χ4n) is 4.69. The number of carbonyl (C=O) groups excluding carboxylic acids is 3. The second-order valence-corrected chi connectivity index (χ2v) is 9.12. The van der Waals surface area contributed by atoms with Crippen LogP contribution in [0.3, 0.4) is 0 Å². The number of hydrogen-bond donors (Lipinski definition) is 3. The first-order chi connectivity index (χ1) is 13.0. The zero-order valence-electron chi connectivity index (χ0n) is 16.8. The highest BCUT2D eigenvalue weighted by molar-refractivity contribution is 5.86. The molecule has 2 rings (SSSR count). The molecule has 1 heterocycles. The monoisotopic (exact) mass is 394 g/mol. The maximum atomic E-state index is 12.1. The molecule has 3 unspecified atom stereocenters. The molecule has 0 aromatic rings. The van der Waals surface area contributed by atoms with Crippen LogP contribution in [-0.2, 0) is 14.4 Å². The van der Waals surface area contributed by atoms with Crippen LogP contribution in [-0.4, -0.2) is 66.2 Å². The highest BCUT2D eigenvalue weighted by Crippen LogP contribution is 2.46. The van der Waals surface area contributed by atoms with Crippen LogP contribution in [0.25, 0.3) is 0 Å². The first kappa shape index (κ1) is 21.9. The van der Waals surface area contributed by atoms with Gasteiger partial charge in [0.25, 0.3) is 0 Å². The van der Waals surface area contributed by atoms with E-state index in [-0.39, 0.29) is 54.9 Å². The minimum absolute atomic E-state index is 0.0140. The molecule has 0 aromatic carbocycles. The number of isocyanates is 1. The van der Waals surface area contributed by atoms with Gasteiger partial charge >= 0.3 is 12.0 Å². The zero-order valence-corrected chi connectivity index (χ0v) is 16.8. The summed E-state index contributed by atoms with van der Waals surface area (Å²) < 4.78 is 0. The predicted octanol–water partition coefficient (Wildman–Crippen LogP) is 1.14. The van der Waals surface area contributed by atoms with E-state index in [1.165, 1.54) is 4.90 Å². The van der Waals surface area contributed by atoms with Gasteiger partial charge in [-0.3, -0.25) is 9.59 Å². The first-order valence-electron chi connectivity index (χ1n) is 9.63. The summed E-state index contributed by atoms with van der Waals surface area (Å²) in [4.78, 5) is 50.9. The van der Waals surface area contributed by atoms with E-state index in [4.69, 9.17) is 5.11 Å². The molecule has 2 fully saturated rings. The lowest BCUT2D eigenvalue weighted by molar-refractivity contribution is -0.141. The number of nitrogens with one attached hydrogen (secondary N) is 2. The third-order valence-corrected chi connectivity index (χ3v) is 5.56. The summed E-state index contributed by atoms with van der Waals surface area (Å²) in [5.41, 5.74) is -0.156. The molecule has 0 bridgehead atoms. The number of amides is 3. The molecule has 156 valence electrons. The van der Waals surface area contributed by atoms with Crippen molar-refractivity contribution >= 4 is 24.0 Å². The summed E-state index contributed by atoms with van der Waals surface area (Å²) >= 11 is 0. The van der Waals surface area contributed by atoms with Crippen molar-refractivity contribution in [1.29, 1.82) is 0 Å². The first-order valence-corrected chi connectivity index (χ1v) is 9.63. The quantitative estimate of drug-likeness (QED) is 0.441. The smallest absolute Gasteiger partial charge is 0.314 e. The standard InChI is InChI=1S/C19H30N4O5/c1-18(2)7-14(22-12-24)8-19(3,10-18)11-21-17(28)20-4-5-23-9-13(16(26)27)6-15(23)25/h13-14H,4-11H2,1-3H3,(H,26,27)(H2,20,21,28). The van der Waals surface area contributed by atoms with Gasteiger partial charge in [0.2, 0.25) is 12.0 Å². The summed E-state index contributed by atoms with van der Waals surface area (Å²) in [7, 11) is 0. The van der Waals surface area contributed by atoms with E-state index in [9.17, 15) is 19.2 Å².